The summed E-state index contributed by atoms with van der Waals surface area (Å²) < 4.78 is 11.1. The summed E-state index contributed by atoms with van der Waals surface area (Å²) >= 11 is 0. The van der Waals surface area contributed by atoms with E-state index in [4.69, 9.17) is 9.47 Å². The van der Waals surface area contributed by atoms with Crippen LogP contribution in [0.2, 0.25) is 0 Å². The second-order valence-corrected chi connectivity index (χ2v) is 6.04. The average Bonchev–Trinajstić information content (AvgIpc) is 2.97. The van der Waals surface area contributed by atoms with Crippen molar-refractivity contribution < 1.29 is 14.3 Å². The number of carbonyl (C=O) groups excluding carboxylic acids is 1. The molecule has 0 aromatic carbocycles. The standard InChI is InChI=1S/C13H23NO3/c1-13(2,3)17-8-11(15)14-10-6-7-16-12(10)9-4-5-9/h9-10,12H,4-8H2,1-3H3,(H,14,15). The largest absolute Gasteiger partial charge is 0.376 e. The lowest BCUT2D eigenvalue weighted by Gasteiger charge is -2.22. The molecule has 1 saturated carbocycles. The van der Waals surface area contributed by atoms with E-state index in [2.05, 4.69) is 5.32 Å². The van der Waals surface area contributed by atoms with Gasteiger partial charge in [0.05, 0.1) is 17.7 Å². The number of carbonyl (C=O) groups is 1. The van der Waals surface area contributed by atoms with Gasteiger partial charge < -0.3 is 14.8 Å². The summed E-state index contributed by atoms with van der Waals surface area (Å²) in [6.07, 6.45) is 3.67. The van der Waals surface area contributed by atoms with E-state index in [9.17, 15) is 4.79 Å². The molecular formula is C13H23NO3. The Morgan fingerprint density at radius 3 is 2.65 bits per heavy atom. The lowest BCUT2D eigenvalue weighted by atomic mass is 10.1. The third kappa shape index (κ3) is 3.96. The van der Waals surface area contributed by atoms with E-state index < -0.39 is 0 Å². The summed E-state index contributed by atoms with van der Waals surface area (Å²) in [4.78, 5) is 11.7. The Labute approximate surface area is 103 Å². The lowest BCUT2D eigenvalue weighted by molar-refractivity contribution is -0.131. The van der Waals surface area contributed by atoms with Crippen LogP contribution in [0.3, 0.4) is 0 Å². The molecule has 17 heavy (non-hydrogen) atoms. The first-order valence-corrected chi connectivity index (χ1v) is 6.50. The van der Waals surface area contributed by atoms with Gasteiger partial charge in [-0.25, -0.2) is 0 Å². The fourth-order valence-corrected chi connectivity index (χ4v) is 2.19. The topological polar surface area (TPSA) is 47.6 Å². The van der Waals surface area contributed by atoms with E-state index in [-0.39, 0.29) is 30.3 Å². The fourth-order valence-electron chi connectivity index (χ4n) is 2.19. The van der Waals surface area contributed by atoms with Gasteiger partial charge >= 0.3 is 0 Å². The van der Waals surface area contributed by atoms with Crippen LogP contribution in [0.1, 0.15) is 40.0 Å². The predicted molar refractivity (Wildman–Crippen MR) is 64.7 cm³/mol. The Balaban J connectivity index is 1.74. The third-order valence-corrected chi connectivity index (χ3v) is 3.21. The molecule has 0 spiro atoms. The Morgan fingerprint density at radius 1 is 1.35 bits per heavy atom. The minimum Gasteiger partial charge on any atom is -0.376 e. The molecule has 0 radical (unpaired) electrons. The van der Waals surface area contributed by atoms with E-state index in [1.165, 1.54) is 12.8 Å². The molecule has 2 atom stereocenters. The van der Waals surface area contributed by atoms with Crippen LogP contribution in [-0.2, 0) is 14.3 Å². The van der Waals surface area contributed by atoms with Crippen molar-refractivity contribution >= 4 is 5.91 Å². The maximum atomic E-state index is 11.7. The zero-order valence-corrected chi connectivity index (χ0v) is 11.0. The number of hydrogen-bond donors (Lipinski definition) is 1. The van der Waals surface area contributed by atoms with Crippen molar-refractivity contribution in [1.82, 2.24) is 5.32 Å². The highest BCUT2D eigenvalue weighted by molar-refractivity contribution is 5.77. The highest BCUT2D eigenvalue weighted by Gasteiger charge is 2.41. The summed E-state index contributed by atoms with van der Waals surface area (Å²) in [5.74, 6) is 0.646. The molecule has 1 saturated heterocycles. The second kappa shape index (κ2) is 4.94. The number of nitrogens with one attached hydrogen (secondary N) is 1. The Morgan fingerprint density at radius 2 is 2.06 bits per heavy atom. The smallest absolute Gasteiger partial charge is 0.246 e. The van der Waals surface area contributed by atoms with Gasteiger partial charge in [0, 0.05) is 6.61 Å². The highest BCUT2D eigenvalue weighted by atomic mass is 16.5. The molecule has 2 aliphatic rings. The number of ether oxygens (including phenoxy) is 2. The second-order valence-electron chi connectivity index (χ2n) is 6.04. The van der Waals surface area contributed by atoms with Crippen molar-refractivity contribution in [2.24, 2.45) is 5.92 Å². The van der Waals surface area contributed by atoms with E-state index >= 15 is 0 Å². The molecule has 2 unspecified atom stereocenters. The van der Waals surface area contributed by atoms with Gasteiger partial charge in [-0.05, 0) is 46.0 Å². The Bertz CT molecular complexity index is 281. The number of rotatable bonds is 4. The van der Waals surface area contributed by atoms with Gasteiger partial charge in [-0.2, -0.15) is 0 Å². The van der Waals surface area contributed by atoms with Gasteiger partial charge in [0.15, 0.2) is 0 Å². The van der Waals surface area contributed by atoms with Crippen LogP contribution in [0, 0.1) is 5.92 Å². The normalized spacial score (nSPS) is 29.4. The zero-order chi connectivity index (χ0) is 12.5. The first-order chi connectivity index (χ1) is 7.96. The molecule has 0 bridgehead atoms. The molecule has 0 aromatic heterocycles. The summed E-state index contributed by atoms with van der Waals surface area (Å²) in [6.45, 7) is 6.76. The van der Waals surface area contributed by atoms with Crippen molar-refractivity contribution in [3.63, 3.8) is 0 Å². The van der Waals surface area contributed by atoms with Crippen molar-refractivity contribution in [1.29, 1.82) is 0 Å². The summed E-state index contributed by atoms with van der Waals surface area (Å²) in [5.41, 5.74) is -0.264. The van der Waals surface area contributed by atoms with Crippen LogP contribution >= 0.6 is 0 Å². The molecule has 1 aliphatic carbocycles. The maximum Gasteiger partial charge on any atom is 0.246 e. The van der Waals surface area contributed by atoms with Crippen molar-refractivity contribution in [3.8, 4) is 0 Å². The van der Waals surface area contributed by atoms with E-state index in [0.29, 0.717) is 5.92 Å². The monoisotopic (exact) mass is 241 g/mol. The minimum absolute atomic E-state index is 0.0268. The Hall–Kier alpha value is -0.610. The van der Waals surface area contributed by atoms with Crippen LogP contribution in [0.4, 0.5) is 0 Å². The molecule has 1 heterocycles. The van der Waals surface area contributed by atoms with Gasteiger partial charge in [0.2, 0.25) is 5.91 Å². The molecule has 0 aromatic rings. The number of amides is 1. The molecule has 1 amide bonds. The van der Waals surface area contributed by atoms with Crippen LogP contribution in [0.25, 0.3) is 0 Å². The highest BCUT2D eigenvalue weighted by Crippen LogP contribution is 2.38. The quantitative estimate of drug-likeness (QED) is 0.811. The van der Waals surface area contributed by atoms with Crippen LogP contribution in [0.15, 0.2) is 0 Å². The molecule has 4 heteroatoms. The lowest BCUT2D eigenvalue weighted by Crippen LogP contribution is -2.43. The van der Waals surface area contributed by atoms with Gasteiger partial charge in [-0.15, -0.1) is 0 Å². The predicted octanol–water partition coefficient (Wildman–Crippen LogP) is 1.49. The van der Waals surface area contributed by atoms with Crippen LogP contribution in [-0.4, -0.2) is 36.9 Å². The maximum absolute atomic E-state index is 11.7. The van der Waals surface area contributed by atoms with E-state index in [0.717, 1.165) is 13.0 Å². The Kier molecular flexibility index (Phi) is 3.73. The first-order valence-electron chi connectivity index (χ1n) is 6.50. The van der Waals surface area contributed by atoms with Gasteiger partial charge in [0.25, 0.3) is 0 Å². The zero-order valence-electron chi connectivity index (χ0n) is 11.0. The van der Waals surface area contributed by atoms with Crippen LogP contribution in [0.5, 0.6) is 0 Å². The molecule has 4 nitrogen and oxygen atoms in total. The molecule has 2 fully saturated rings. The molecule has 1 aliphatic heterocycles. The van der Waals surface area contributed by atoms with E-state index in [1.54, 1.807) is 0 Å². The van der Waals surface area contributed by atoms with Crippen molar-refractivity contribution in [2.75, 3.05) is 13.2 Å². The number of hydrogen-bond acceptors (Lipinski definition) is 3. The average molecular weight is 241 g/mol. The third-order valence-electron chi connectivity index (χ3n) is 3.21. The summed E-state index contributed by atoms with van der Waals surface area (Å²) in [5, 5.41) is 3.03. The summed E-state index contributed by atoms with van der Waals surface area (Å²) in [7, 11) is 0. The van der Waals surface area contributed by atoms with E-state index in [1.807, 2.05) is 20.8 Å². The molecule has 2 rings (SSSR count). The van der Waals surface area contributed by atoms with Gasteiger partial charge in [-0.1, -0.05) is 0 Å². The molecular weight excluding hydrogens is 218 g/mol. The van der Waals surface area contributed by atoms with Crippen molar-refractivity contribution in [3.05, 3.63) is 0 Å². The SMILES string of the molecule is CC(C)(C)OCC(=O)NC1CCOC1C1CC1. The fraction of sp³-hybridized carbons (Fsp3) is 0.923. The van der Waals surface area contributed by atoms with Crippen LogP contribution < -0.4 is 5.32 Å². The van der Waals surface area contributed by atoms with Crippen molar-refractivity contribution in [2.45, 2.75) is 57.8 Å². The molecule has 1 N–H and O–H groups in total. The molecule has 98 valence electrons. The van der Waals surface area contributed by atoms with Gasteiger partial charge in [0.1, 0.15) is 6.61 Å². The summed E-state index contributed by atoms with van der Waals surface area (Å²) in [6, 6.07) is 0.193. The van der Waals surface area contributed by atoms with Gasteiger partial charge in [-0.3, -0.25) is 4.79 Å². The first kappa shape index (κ1) is 12.8. The minimum atomic E-state index is -0.264.